The van der Waals surface area contributed by atoms with E-state index in [0.717, 1.165) is 42.0 Å². The van der Waals surface area contributed by atoms with Crippen LogP contribution in [0, 0.1) is 0 Å². The van der Waals surface area contributed by atoms with Crippen molar-refractivity contribution in [3.05, 3.63) is 48.0 Å². The Hall–Kier alpha value is -2.36. The van der Waals surface area contributed by atoms with Gasteiger partial charge in [-0.1, -0.05) is 42.5 Å². The molecule has 0 spiro atoms. The predicted octanol–water partition coefficient (Wildman–Crippen LogP) is 2.65. The minimum atomic E-state index is -0.284. The number of benzene rings is 2. The number of rotatable bonds is 4. The average molecular weight is 322 g/mol. The summed E-state index contributed by atoms with van der Waals surface area (Å²) in [5.74, 6) is 0.0843. The van der Waals surface area contributed by atoms with Gasteiger partial charge in [0.15, 0.2) is 0 Å². The number of amides is 2. The summed E-state index contributed by atoms with van der Waals surface area (Å²) < 4.78 is 0. The van der Waals surface area contributed by atoms with Gasteiger partial charge >= 0.3 is 0 Å². The van der Waals surface area contributed by atoms with Crippen molar-refractivity contribution in [1.29, 1.82) is 0 Å². The maximum atomic E-state index is 12.8. The largest absolute Gasteiger partial charge is 0.352 e. The SMILES string of the molecule is O=C(NC1CC1)C1CCCN1C(=O)Cc1cccc2ccccc12. The molecule has 4 nitrogen and oxygen atoms in total. The molecule has 2 aliphatic rings. The van der Waals surface area contributed by atoms with E-state index in [1.165, 1.54) is 0 Å². The van der Waals surface area contributed by atoms with E-state index >= 15 is 0 Å². The lowest BCUT2D eigenvalue weighted by molar-refractivity contribution is -0.138. The molecule has 0 radical (unpaired) electrons. The fourth-order valence-electron chi connectivity index (χ4n) is 3.57. The molecular formula is C20H22N2O2. The zero-order chi connectivity index (χ0) is 16.5. The highest BCUT2D eigenvalue weighted by Crippen LogP contribution is 2.24. The van der Waals surface area contributed by atoms with Gasteiger partial charge in [0, 0.05) is 12.6 Å². The van der Waals surface area contributed by atoms with E-state index in [9.17, 15) is 9.59 Å². The third-order valence-electron chi connectivity index (χ3n) is 5.02. The third kappa shape index (κ3) is 3.01. The fourth-order valence-corrected chi connectivity index (χ4v) is 3.57. The Labute approximate surface area is 141 Å². The highest BCUT2D eigenvalue weighted by molar-refractivity contribution is 5.93. The average Bonchev–Trinajstić information content (AvgIpc) is 3.26. The predicted molar refractivity (Wildman–Crippen MR) is 93.6 cm³/mol. The molecule has 0 aromatic heterocycles. The molecule has 1 aliphatic carbocycles. The number of carbonyl (C=O) groups is 2. The third-order valence-corrected chi connectivity index (χ3v) is 5.02. The van der Waals surface area contributed by atoms with Crippen LogP contribution in [0.2, 0.25) is 0 Å². The minimum Gasteiger partial charge on any atom is -0.352 e. The molecule has 124 valence electrons. The van der Waals surface area contributed by atoms with Crippen LogP contribution in [0.1, 0.15) is 31.2 Å². The Morgan fingerprint density at radius 2 is 1.83 bits per heavy atom. The second-order valence-electron chi connectivity index (χ2n) is 6.84. The van der Waals surface area contributed by atoms with E-state index in [0.29, 0.717) is 19.0 Å². The molecule has 2 amide bonds. The normalized spacial score (nSPS) is 20.3. The lowest BCUT2D eigenvalue weighted by atomic mass is 10.0. The van der Waals surface area contributed by atoms with Crippen molar-refractivity contribution < 1.29 is 9.59 Å². The second kappa shape index (κ2) is 6.27. The first kappa shape index (κ1) is 15.2. The quantitative estimate of drug-likeness (QED) is 0.941. The maximum absolute atomic E-state index is 12.8. The zero-order valence-electron chi connectivity index (χ0n) is 13.7. The number of hydrogen-bond acceptors (Lipinski definition) is 2. The van der Waals surface area contributed by atoms with Crippen LogP contribution in [0.15, 0.2) is 42.5 Å². The molecule has 4 heteroatoms. The highest BCUT2D eigenvalue weighted by atomic mass is 16.2. The Morgan fingerprint density at radius 3 is 2.67 bits per heavy atom. The molecule has 1 unspecified atom stereocenters. The number of nitrogens with zero attached hydrogens (tertiary/aromatic N) is 1. The monoisotopic (exact) mass is 322 g/mol. The number of hydrogen-bond donors (Lipinski definition) is 1. The van der Waals surface area contributed by atoms with E-state index in [1.54, 1.807) is 4.90 Å². The first-order valence-corrected chi connectivity index (χ1v) is 8.79. The van der Waals surface area contributed by atoms with Gasteiger partial charge in [0.1, 0.15) is 6.04 Å². The van der Waals surface area contributed by atoms with Crippen molar-refractivity contribution in [2.75, 3.05) is 6.54 Å². The smallest absolute Gasteiger partial charge is 0.243 e. The van der Waals surface area contributed by atoms with E-state index in [4.69, 9.17) is 0 Å². The van der Waals surface area contributed by atoms with Crippen LogP contribution in [0.25, 0.3) is 10.8 Å². The first-order valence-electron chi connectivity index (χ1n) is 8.79. The molecule has 0 bridgehead atoms. The molecule has 2 fully saturated rings. The summed E-state index contributed by atoms with van der Waals surface area (Å²) in [7, 11) is 0. The lowest BCUT2D eigenvalue weighted by Crippen LogP contribution is -2.47. The Morgan fingerprint density at radius 1 is 1.04 bits per heavy atom. The van der Waals surface area contributed by atoms with Crippen molar-refractivity contribution in [2.45, 2.75) is 44.2 Å². The number of likely N-dealkylation sites (tertiary alicyclic amines) is 1. The summed E-state index contributed by atoms with van der Waals surface area (Å²) >= 11 is 0. The summed E-state index contributed by atoms with van der Waals surface area (Å²) in [5, 5.41) is 5.30. The molecule has 1 saturated carbocycles. The molecule has 1 N–H and O–H groups in total. The number of carbonyl (C=O) groups excluding carboxylic acids is 2. The first-order chi connectivity index (χ1) is 11.7. The number of nitrogens with one attached hydrogen (secondary N) is 1. The van der Waals surface area contributed by atoms with Crippen molar-refractivity contribution in [3.63, 3.8) is 0 Å². The van der Waals surface area contributed by atoms with E-state index in [-0.39, 0.29) is 17.9 Å². The van der Waals surface area contributed by atoms with Crippen LogP contribution in [-0.2, 0) is 16.0 Å². The molecule has 1 aliphatic heterocycles. The molecule has 4 rings (SSSR count). The van der Waals surface area contributed by atoms with Gasteiger partial charge in [-0.05, 0) is 42.0 Å². The molecule has 1 atom stereocenters. The molecule has 1 saturated heterocycles. The molecule has 2 aromatic carbocycles. The van der Waals surface area contributed by atoms with Crippen LogP contribution in [-0.4, -0.2) is 35.3 Å². The summed E-state index contributed by atoms with van der Waals surface area (Å²) in [6.07, 6.45) is 4.18. The lowest BCUT2D eigenvalue weighted by Gasteiger charge is -2.24. The van der Waals surface area contributed by atoms with E-state index in [1.807, 2.05) is 24.3 Å². The van der Waals surface area contributed by atoms with Crippen molar-refractivity contribution in [1.82, 2.24) is 10.2 Å². The van der Waals surface area contributed by atoms with Gasteiger partial charge in [0.05, 0.1) is 6.42 Å². The zero-order valence-corrected chi connectivity index (χ0v) is 13.7. The van der Waals surface area contributed by atoms with E-state index in [2.05, 4.69) is 23.5 Å². The maximum Gasteiger partial charge on any atom is 0.243 e. The van der Waals surface area contributed by atoms with Gasteiger partial charge in [-0.15, -0.1) is 0 Å². The van der Waals surface area contributed by atoms with Gasteiger partial charge in [-0.2, -0.15) is 0 Å². The Balaban J connectivity index is 1.51. The Kier molecular flexibility index (Phi) is 3.97. The highest BCUT2D eigenvalue weighted by Gasteiger charge is 2.36. The van der Waals surface area contributed by atoms with Crippen LogP contribution in [0.4, 0.5) is 0 Å². The standard InChI is InChI=1S/C20H22N2O2/c23-19(13-15-7-3-6-14-5-1-2-8-17(14)15)22-12-4-9-18(22)20(24)21-16-10-11-16/h1-3,5-8,16,18H,4,9-13H2,(H,21,24). The van der Waals surface area contributed by atoms with Gasteiger partial charge in [0.25, 0.3) is 0 Å². The second-order valence-corrected chi connectivity index (χ2v) is 6.84. The van der Waals surface area contributed by atoms with Gasteiger partial charge in [0.2, 0.25) is 11.8 Å². The van der Waals surface area contributed by atoms with E-state index < -0.39 is 0 Å². The van der Waals surface area contributed by atoms with Gasteiger partial charge < -0.3 is 10.2 Å². The minimum absolute atomic E-state index is 0.0290. The van der Waals surface area contributed by atoms with Crippen molar-refractivity contribution >= 4 is 22.6 Å². The molecule has 2 aromatic rings. The Bertz CT molecular complexity index is 777. The fraction of sp³-hybridized carbons (Fsp3) is 0.400. The topological polar surface area (TPSA) is 49.4 Å². The molecule has 1 heterocycles. The van der Waals surface area contributed by atoms with Crippen LogP contribution < -0.4 is 5.32 Å². The van der Waals surface area contributed by atoms with Gasteiger partial charge in [-0.3, -0.25) is 9.59 Å². The van der Waals surface area contributed by atoms with Crippen LogP contribution in [0.5, 0.6) is 0 Å². The summed E-state index contributed by atoms with van der Waals surface area (Å²) in [5.41, 5.74) is 1.03. The van der Waals surface area contributed by atoms with Crippen molar-refractivity contribution in [3.8, 4) is 0 Å². The van der Waals surface area contributed by atoms with Crippen molar-refractivity contribution in [2.24, 2.45) is 0 Å². The van der Waals surface area contributed by atoms with Crippen LogP contribution in [0.3, 0.4) is 0 Å². The molecule has 24 heavy (non-hydrogen) atoms. The summed E-state index contributed by atoms with van der Waals surface area (Å²) in [6.45, 7) is 0.687. The summed E-state index contributed by atoms with van der Waals surface area (Å²) in [4.78, 5) is 27.0. The van der Waals surface area contributed by atoms with Crippen LogP contribution >= 0.6 is 0 Å². The van der Waals surface area contributed by atoms with Gasteiger partial charge in [-0.25, -0.2) is 0 Å². The number of fused-ring (bicyclic) bond motifs is 1. The summed E-state index contributed by atoms with van der Waals surface area (Å²) in [6, 6.07) is 14.2. The molecular weight excluding hydrogens is 300 g/mol.